The van der Waals surface area contributed by atoms with Gasteiger partial charge in [-0.3, -0.25) is 9.69 Å². The Morgan fingerprint density at radius 1 is 1.03 bits per heavy atom. The van der Waals surface area contributed by atoms with Crippen LogP contribution in [0.4, 0.5) is 5.82 Å². The number of ether oxygens (including phenoxy) is 1. The predicted octanol–water partition coefficient (Wildman–Crippen LogP) is 3.75. The van der Waals surface area contributed by atoms with E-state index in [0.29, 0.717) is 42.2 Å². The van der Waals surface area contributed by atoms with Crippen molar-refractivity contribution in [3.63, 3.8) is 0 Å². The molecule has 2 fully saturated rings. The first-order chi connectivity index (χ1) is 18.6. The molecule has 2 aliphatic heterocycles. The fraction of sp³-hybridized carbons (Fsp3) is 0.433. The van der Waals surface area contributed by atoms with E-state index in [1.807, 2.05) is 24.3 Å². The Hall–Kier alpha value is -3.49. The van der Waals surface area contributed by atoms with Crippen molar-refractivity contribution in [1.82, 2.24) is 19.8 Å². The summed E-state index contributed by atoms with van der Waals surface area (Å²) in [5.74, 6) is 1.68. The van der Waals surface area contributed by atoms with Gasteiger partial charge in [0, 0.05) is 49.9 Å². The van der Waals surface area contributed by atoms with Crippen LogP contribution in [0.3, 0.4) is 0 Å². The van der Waals surface area contributed by atoms with Gasteiger partial charge in [0.2, 0.25) is 0 Å². The highest BCUT2D eigenvalue weighted by Crippen LogP contribution is 2.28. The van der Waals surface area contributed by atoms with Crippen LogP contribution in [0.1, 0.15) is 47.3 Å². The van der Waals surface area contributed by atoms with Gasteiger partial charge in [0.1, 0.15) is 17.3 Å². The minimum absolute atomic E-state index is 0.0426. The number of benzene rings is 2. The minimum atomic E-state index is -0.606. The minimum Gasteiger partial charge on any atom is -0.497 e. The van der Waals surface area contributed by atoms with E-state index in [2.05, 4.69) is 39.5 Å². The predicted molar refractivity (Wildman–Crippen MR) is 146 cm³/mol. The monoisotopic (exact) mass is 513 g/mol. The van der Waals surface area contributed by atoms with Crippen LogP contribution in [0.15, 0.2) is 54.6 Å². The van der Waals surface area contributed by atoms with Gasteiger partial charge in [-0.1, -0.05) is 36.4 Å². The lowest BCUT2D eigenvalue weighted by Crippen LogP contribution is -2.56. The number of aromatic nitrogens is 2. The second-order valence-corrected chi connectivity index (χ2v) is 10.6. The van der Waals surface area contributed by atoms with Crippen LogP contribution in [-0.4, -0.2) is 75.7 Å². The highest BCUT2D eigenvalue weighted by molar-refractivity contribution is 5.93. The average Bonchev–Trinajstić information content (AvgIpc) is 2.94. The summed E-state index contributed by atoms with van der Waals surface area (Å²) < 4.78 is 5.38. The van der Waals surface area contributed by atoms with Crippen molar-refractivity contribution in [2.45, 2.75) is 56.8 Å². The summed E-state index contributed by atoms with van der Waals surface area (Å²) in [6, 6.07) is 18.3. The number of nitrogens with zero attached hydrogens (tertiary/aromatic N) is 4. The van der Waals surface area contributed by atoms with Gasteiger partial charge in [0.15, 0.2) is 5.82 Å². The number of hydrogen-bond acceptors (Lipinski definition) is 7. The van der Waals surface area contributed by atoms with E-state index in [1.54, 1.807) is 18.1 Å². The van der Waals surface area contributed by atoms with Crippen LogP contribution >= 0.6 is 0 Å². The number of rotatable bonds is 6. The molecule has 6 rings (SSSR count). The number of fused-ring (bicyclic) bond motifs is 1. The number of carbonyl (C=O) groups is 1. The number of amides is 1. The van der Waals surface area contributed by atoms with Crippen molar-refractivity contribution in [2.75, 3.05) is 32.1 Å². The van der Waals surface area contributed by atoms with Gasteiger partial charge >= 0.3 is 0 Å². The maximum atomic E-state index is 13.7. The second kappa shape index (κ2) is 10.7. The Labute approximate surface area is 223 Å². The highest BCUT2D eigenvalue weighted by atomic mass is 16.5. The van der Waals surface area contributed by atoms with Gasteiger partial charge in [-0.05, 0) is 55.4 Å². The molecule has 3 aromatic rings. The van der Waals surface area contributed by atoms with Gasteiger partial charge in [0.25, 0.3) is 5.91 Å². The largest absolute Gasteiger partial charge is 0.497 e. The van der Waals surface area contributed by atoms with Crippen molar-refractivity contribution in [3.05, 3.63) is 71.4 Å². The van der Waals surface area contributed by atoms with E-state index in [0.717, 1.165) is 44.3 Å². The molecule has 1 saturated heterocycles. The molecule has 1 aromatic heterocycles. The summed E-state index contributed by atoms with van der Waals surface area (Å²) in [7, 11) is 1.63. The zero-order valence-electron chi connectivity index (χ0n) is 21.8. The molecule has 0 bridgehead atoms. The average molecular weight is 514 g/mol. The first-order valence-corrected chi connectivity index (χ1v) is 13.7. The van der Waals surface area contributed by atoms with Gasteiger partial charge in [0.05, 0.1) is 13.2 Å². The normalized spacial score (nSPS) is 21.9. The molecule has 3 heterocycles. The molecule has 0 spiro atoms. The Morgan fingerprint density at radius 2 is 1.87 bits per heavy atom. The van der Waals surface area contributed by atoms with Crippen LogP contribution in [0.5, 0.6) is 5.75 Å². The van der Waals surface area contributed by atoms with Gasteiger partial charge < -0.3 is 20.1 Å². The molecule has 2 N–H and O–H groups in total. The molecule has 198 valence electrons. The summed E-state index contributed by atoms with van der Waals surface area (Å²) in [6.07, 6.45) is 4.52. The van der Waals surface area contributed by atoms with Crippen LogP contribution in [0, 0.1) is 0 Å². The Kier molecular flexibility index (Phi) is 7.00. The van der Waals surface area contributed by atoms with Gasteiger partial charge in [-0.2, -0.15) is 0 Å². The van der Waals surface area contributed by atoms with E-state index >= 15 is 0 Å². The molecule has 2 aromatic carbocycles. The molecule has 8 nitrogen and oxygen atoms in total. The molecule has 1 aliphatic carbocycles. The third-order valence-electron chi connectivity index (χ3n) is 8.19. The third-order valence-corrected chi connectivity index (χ3v) is 8.19. The zero-order chi connectivity index (χ0) is 26.1. The van der Waals surface area contributed by atoms with Crippen LogP contribution in [-0.2, 0) is 13.0 Å². The fourth-order valence-electron chi connectivity index (χ4n) is 5.78. The van der Waals surface area contributed by atoms with Crippen LogP contribution in [0.25, 0.3) is 11.4 Å². The number of methoxy groups -OCH3 is 1. The summed E-state index contributed by atoms with van der Waals surface area (Å²) >= 11 is 0. The standard InChI is InChI=1S/C30H35N5O3/c1-38-24-11-4-8-21(16-24)29-32-25(17-28(33-29)31-23-9-5-10-23)30(37)35-15-13-26(27(36)19-35)34-14-12-20-6-2-3-7-22(20)18-34/h2-4,6-8,11,16-17,23,26-27,36H,5,9-10,12-15,18-19H2,1H3,(H,31,32,33)/t26-,27-/m1/s1. The second-order valence-electron chi connectivity index (χ2n) is 10.6. The van der Waals surface area contributed by atoms with Crippen molar-refractivity contribution >= 4 is 11.7 Å². The molecule has 38 heavy (non-hydrogen) atoms. The third kappa shape index (κ3) is 5.11. The number of carbonyl (C=O) groups excluding carboxylic acids is 1. The smallest absolute Gasteiger partial charge is 0.272 e. The molecule has 2 atom stereocenters. The molecule has 8 heteroatoms. The summed E-state index contributed by atoms with van der Waals surface area (Å²) in [6.45, 7) is 2.66. The molecule has 1 amide bonds. The number of β-amino-alcohol motifs (C(OH)–C–C–N with tert-alkyl or cyclic N) is 1. The first-order valence-electron chi connectivity index (χ1n) is 13.7. The lowest BCUT2D eigenvalue weighted by Gasteiger charge is -2.43. The lowest BCUT2D eigenvalue weighted by molar-refractivity contribution is -0.0139. The van der Waals surface area contributed by atoms with E-state index in [-0.39, 0.29) is 11.9 Å². The number of aliphatic hydroxyl groups is 1. The Morgan fingerprint density at radius 3 is 2.63 bits per heavy atom. The number of nitrogens with one attached hydrogen (secondary N) is 1. The summed E-state index contributed by atoms with van der Waals surface area (Å²) in [5, 5.41) is 14.6. The molecular formula is C30H35N5O3. The fourth-order valence-corrected chi connectivity index (χ4v) is 5.78. The Balaban J connectivity index is 1.20. The highest BCUT2D eigenvalue weighted by Gasteiger charge is 2.36. The van der Waals surface area contributed by atoms with Gasteiger partial charge in [-0.15, -0.1) is 0 Å². The first kappa shape index (κ1) is 24.8. The molecule has 3 aliphatic rings. The van der Waals surface area contributed by atoms with Crippen LogP contribution in [0.2, 0.25) is 0 Å². The molecule has 0 unspecified atom stereocenters. The van der Waals surface area contributed by atoms with E-state index in [4.69, 9.17) is 9.72 Å². The number of aliphatic hydroxyl groups excluding tert-OH is 1. The quantitative estimate of drug-likeness (QED) is 0.519. The summed E-state index contributed by atoms with van der Waals surface area (Å²) in [4.78, 5) is 27.2. The number of anilines is 1. The van der Waals surface area contributed by atoms with Crippen molar-refractivity contribution in [3.8, 4) is 17.1 Å². The lowest BCUT2D eigenvalue weighted by atomic mass is 9.93. The molecular weight excluding hydrogens is 478 g/mol. The van der Waals surface area contributed by atoms with Crippen molar-refractivity contribution < 1.29 is 14.6 Å². The maximum Gasteiger partial charge on any atom is 0.272 e. The van der Waals surface area contributed by atoms with Gasteiger partial charge in [-0.25, -0.2) is 9.97 Å². The maximum absolute atomic E-state index is 13.7. The summed E-state index contributed by atoms with van der Waals surface area (Å²) in [5.41, 5.74) is 3.87. The topological polar surface area (TPSA) is 90.8 Å². The number of hydrogen-bond donors (Lipinski definition) is 2. The molecule has 1 saturated carbocycles. The zero-order valence-corrected chi connectivity index (χ0v) is 21.8. The van der Waals surface area contributed by atoms with E-state index in [1.165, 1.54) is 17.5 Å². The van der Waals surface area contributed by atoms with Crippen molar-refractivity contribution in [1.29, 1.82) is 0 Å². The van der Waals surface area contributed by atoms with Crippen LogP contribution < -0.4 is 10.1 Å². The number of piperidine rings is 1. The molecule has 0 radical (unpaired) electrons. The SMILES string of the molecule is COc1cccc(-c2nc(NC3CCC3)cc(C(=O)N3CC[C@@H](N4CCc5ccccc5C4)[C@H](O)C3)n2)c1. The number of likely N-dealkylation sites (tertiary alicyclic amines) is 1. The van der Waals surface area contributed by atoms with Crippen molar-refractivity contribution in [2.24, 2.45) is 0 Å². The van der Waals surface area contributed by atoms with E-state index in [9.17, 15) is 9.90 Å². The Bertz CT molecular complexity index is 1310. The van der Waals surface area contributed by atoms with E-state index < -0.39 is 6.10 Å².